The maximum atomic E-state index is 10.1. The minimum absolute atomic E-state index is 0. The van der Waals surface area contributed by atoms with Gasteiger partial charge in [-0.15, -0.1) is 0 Å². The zero-order chi connectivity index (χ0) is 14.5. The van der Waals surface area contributed by atoms with E-state index in [0.717, 1.165) is 19.3 Å². The SMILES string of the molecule is CCCCCCCC(=O)[O-].O=C([O-])c1ccccc1.[Na+].[Na+]. The first-order valence-electron chi connectivity index (χ1n) is 6.54. The molecule has 106 valence electrons. The fourth-order valence-electron chi connectivity index (χ4n) is 1.45. The molecule has 1 aromatic carbocycles. The minimum Gasteiger partial charge on any atom is -0.550 e. The Balaban J connectivity index is -0.000000282. The quantitative estimate of drug-likeness (QED) is 0.374. The average molecular weight is 310 g/mol. The molecule has 1 aromatic rings. The van der Waals surface area contributed by atoms with Crippen molar-refractivity contribution < 1.29 is 78.9 Å². The van der Waals surface area contributed by atoms with E-state index in [1.54, 1.807) is 18.2 Å². The Morgan fingerprint density at radius 3 is 1.81 bits per heavy atom. The summed E-state index contributed by atoms with van der Waals surface area (Å²) in [6.07, 6.45) is 5.61. The number of carboxylic acid groups (broad SMARTS) is 2. The van der Waals surface area contributed by atoms with Gasteiger partial charge in [-0.25, -0.2) is 0 Å². The summed E-state index contributed by atoms with van der Waals surface area (Å²) in [5.74, 6) is -2.05. The molecule has 0 unspecified atom stereocenters. The molecule has 0 saturated carbocycles. The van der Waals surface area contributed by atoms with Crippen molar-refractivity contribution in [2.24, 2.45) is 0 Å². The van der Waals surface area contributed by atoms with Gasteiger partial charge in [-0.3, -0.25) is 0 Å². The molecule has 4 nitrogen and oxygen atoms in total. The van der Waals surface area contributed by atoms with Crippen molar-refractivity contribution in [2.75, 3.05) is 0 Å². The number of rotatable bonds is 7. The van der Waals surface area contributed by atoms with E-state index in [2.05, 4.69) is 6.92 Å². The number of unbranched alkanes of at least 4 members (excludes halogenated alkanes) is 4. The van der Waals surface area contributed by atoms with Gasteiger partial charge in [0, 0.05) is 5.97 Å². The Hall–Kier alpha value is 0.160. The van der Waals surface area contributed by atoms with E-state index in [1.165, 1.54) is 25.0 Å². The fourth-order valence-corrected chi connectivity index (χ4v) is 1.45. The Kier molecular flexibility index (Phi) is 22.6. The van der Waals surface area contributed by atoms with Crippen molar-refractivity contribution in [1.29, 1.82) is 0 Å². The Labute approximate surface area is 170 Å². The molecule has 0 aliphatic heterocycles. The first kappa shape index (κ1) is 26.1. The summed E-state index contributed by atoms with van der Waals surface area (Å²) in [5.41, 5.74) is 0.220. The van der Waals surface area contributed by atoms with Gasteiger partial charge >= 0.3 is 59.1 Å². The Morgan fingerprint density at radius 2 is 1.43 bits per heavy atom. The number of carboxylic acids is 2. The van der Waals surface area contributed by atoms with Crippen LogP contribution in [0.2, 0.25) is 0 Å². The first-order valence-corrected chi connectivity index (χ1v) is 6.54. The molecule has 21 heavy (non-hydrogen) atoms. The molecular weight excluding hydrogens is 290 g/mol. The van der Waals surface area contributed by atoms with Gasteiger partial charge < -0.3 is 19.8 Å². The van der Waals surface area contributed by atoms with Crippen LogP contribution in [0.4, 0.5) is 0 Å². The van der Waals surface area contributed by atoms with Crippen molar-refractivity contribution in [2.45, 2.75) is 45.4 Å². The molecule has 0 atom stereocenters. The summed E-state index contributed by atoms with van der Waals surface area (Å²) in [4.78, 5) is 20.0. The van der Waals surface area contributed by atoms with Crippen LogP contribution in [0.5, 0.6) is 0 Å². The zero-order valence-electron chi connectivity index (χ0n) is 13.3. The molecule has 0 N–H and O–H groups in total. The monoisotopic (exact) mass is 310 g/mol. The molecule has 0 aliphatic rings. The molecule has 0 radical (unpaired) electrons. The first-order chi connectivity index (χ1) is 9.07. The Morgan fingerprint density at radius 1 is 0.905 bits per heavy atom. The second-order valence-electron chi connectivity index (χ2n) is 4.19. The standard InChI is InChI=1S/C8H16O2.C7H6O2.2Na/c1-2-3-4-5-6-7-8(9)10;8-7(9)6-4-2-1-3-5-6;;/h2-7H2,1H3,(H,9,10);1-5H,(H,8,9);;/q;;2*+1/p-2. The van der Waals surface area contributed by atoms with Crippen molar-refractivity contribution in [1.82, 2.24) is 0 Å². The molecular formula is C15H20Na2O4. The van der Waals surface area contributed by atoms with Crippen LogP contribution in [0.3, 0.4) is 0 Å². The van der Waals surface area contributed by atoms with E-state index in [9.17, 15) is 19.8 Å². The predicted octanol–water partition coefficient (Wildman–Crippen LogP) is -4.85. The molecule has 1 rings (SSSR count). The third kappa shape index (κ3) is 18.1. The molecule has 0 amide bonds. The van der Waals surface area contributed by atoms with E-state index in [0.29, 0.717) is 0 Å². The summed E-state index contributed by atoms with van der Waals surface area (Å²) in [6, 6.07) is 8.06. The van der Waals surface area contributed by atoms with Crippen LogP contribution in [-0.2, 0) is 4.79 Å². The van der Waals surface area contributed by atoms with Crippen molar-refractivity contribution in [3.05, 3.63) is 35.9 Å². The number of aliphatic carboxylic acids is 1. The van der Waals surface area contributed by atoms with E-state index in [4.69, 9.17) is 0 Å². The average Bonchev–Trinajstić information content (AvgIpc) is 2.40. The van der Waals surface area contributed by atoms with E-state index >= 15 is 0 Å². The number of hydrogen-bond donors (Lipinski definition) is 0. The summed E-state index contributed by atoms with van der Waals surface area (Å²) in [6.45, 7) is 2.14. The number of aromatic carboxylic acids is 1. The van der Waals surface area contributed by atoms with Gasteiger partial charge in [0.15, 0.2) is 0 Å². The second kappa shape index (κ2) is 18.2. The molecule has 0 saturated heterocycles. The topological polar surface area (TPSA) is 80.3 Å². The Bertz CT molecular complexity index is 369. The van der Waals surface area contributed by atoms with Gasteiger partial charge in [-0.05, 0) is 18.4 Å². The summed E-state index contributed by atoms with van der Waals surface area (Å²) >= 11 is 0. The molecule has 6 heteroatoms. The van der Waals surface area contributed by atoms with Gasteiger partial charge in [0.05, 0.1) is 5.97 Å². The van der Waals surface area contributed by atoms with Gasteiger partial charge in [0.2, 0.25) is 0 Å². The van der Waals surface area contributed by atoms with Crippen LogP contribution in [0.1, 0.15) is 55.8 Å². The second-order valence-corrected chi connectivity index (χ2v) is 4.19. The van der Waals surface area contributed by atoms with Crippen molar-refractivity contribution >= 4 is 11.9 Å². The molecule has 0 aromatic heterocycles. The van der Waals surface area contributed by atoms with Crippen LogP contribution < -0.4 is 69.3 Å². The zero-order valence-corrected chi connectivity index (χ0v) is 17.3. The molecule has 0 aliphatic carbocycles. The third-order valence-corrected chi connectivity index (χ3v) is 2.49. The molecule has 0 heterocycles. The van der Waals surface area contributed by atoms with Crippen molar-refractivity contribution in [3.8, 4) is 0 Å². The summed E-state index contributed by atoms with van der Waals surface area (Å²) in [7, 11) is 0. The van der Waals surface area contributed by atoms with E-state index < -0.39 is 11.9 Å². The number of benzene rings is 1. The minimum atomic E-state index is -1.13. The van der Waals surface area contributed by atoms with E-state index in [1.807, 2.05) is 0 Å². The smallest absolute Gasteiger partial charge is 0.550 e. The summed E-state index contributed by atoms with van der Waals surface area (Å²) < 4.78 is 0. The molecule has 0 bridgehead atoms. The van der Waals surface area contributed by atoms with Gasteiger partial charge in [-0.2, -0.15) is 0 Å². The number of carbonyl (C=O) groups is 2. The van der Waals surface area contributed by atoms with Crippen LogP contribution in [0.25, 0.3) is 0 Å². The predicted molar refractivity (Wildman–Crippen MR) is 69.2 cm³/mol. The van der Waals surface area contributed by atoms with Crippen molar-refractivity contribution in [3.63, 3.8) is 0 Å². The van der Waals surface area contributed by atoms with Crippen LogP contribution >= 0.6 is 0 Å². The maximum Gasteiger partial charge on any atom is 1.00 e. The van der Waals surface area contributed by atoms with Gasteiger partial charge in [-0.1, -0.05) is 62.9 Å². The van der Waals surface area contributed by atoms with Gasteiger partial charge in [0.1, 0.15) is 0 Å². The van der Waals surface area contributed by atoms with Crippen LogP contribution in [-0.4, -0.2) is 11.9 Å². The maximum absolute atomic E-state index is 10.1. The van der Waals surface area contributed by atoms with Crippen LogP contribution in [0.15, 0.2) is 30.3 Å². The summed E-state index contributed by atoms with van der Waals surface area (Å²) in [5, 5.41) is 20.0. The fraction of sp³-hybridized carbons (Fsp3) is 0.467. The molecule has 0 fully saturated rings. The van der Waals surface area contributed by atoms with Crippen LogP contribution in [0, 0.1) is 0 Å². The normalized spacial score (nSPS) is 8.43. The van der Waals surface area contributed by atoms with E-state index in [-0.39, 0.29) is 71.1 Å². The molecule has 0 spiro atoms. The third-order valence-electron chi connectivity index (χ3n) is 2.49. The number of carbonyl (C=O) groups excluding carboxylic acids is 2. The number of hydrogen-bond acceptors (Lipinski definition) is 4. The largest absolute Gasteiger partial charge is 1.00 e. The van der Waals surface area contributed by atoms with Gasteiger partial charge in [0.25, 0.3) is 0 Å².